The fraction of sp³-hybridized carbons (Fsp3) is 0.133. The number of fused-ring (bicyclic) bond motifs is 6. The van der Waals surface area contributed by atoms with Gasteiger partial charge in [0.2, 0.25) is 6.71 Å². The molecule has 0 amide bonds. The van der Waals surface area contributed by atoms with Gasteiger partial charge in [0, 0.05) is 16.8 Å². The molecule has 2 aliphatic rings. The first-order chi connectivity index (χ1) is 15.9. The molecule has 1 aliphatic carbocycles. The molecule has 7 rings (SSSR count). The Balaban J connectivity index is 1.57. The van der Waals surface area contributed by atoms with E-state index in [0.29, 0.717) is 6.71 Å². The first-order valence-electron chi connectivity index (χ1n) is 11.8. The van der Waals surface area contributed by atoms with Gasteiger partial charge in [0.15, 0.2) is 0 Å². The third-order valence-corrected chi connectivity index (χ3v) is 7.46. The average Bonchev–Trinajstić information content (AvgIpc) is 3.36. The first-order valence-corrected chi connectivity index (χ1v) is 11.8. The highest BCUT2D eigenvalue weighted by molar-refractivity contribution is 6.99. The lowest BCUT2D eigenvalue weighted by Crippen LogP contribution is -2.48. The van der Waals surface area contributed by atoms with Crippen LogP contribution in [0.3, 0.4) is 0 Å². The summed E-state index contributed by atoms with van der Waals surface area (Å²) in [7, 11) is 0. The molecule has 0 bridgehead atoms. The van der Waals surface area contributed by atoms with Gasteiger partial charge < -0.3 is 4.57 Å². The zero-order chi connectivity index (χ0) is 21.1. The maximum atomic E-state index is 2.55. The zero-order valence-electron chi connectivity index (χ0n) is 18.1. The molecule has 0 N–H and O–H groups in total. The summed E-state index contributed by atoms with van der Waals surface area (Å²) in [5, 5.41) is 1.45. The Kier molecular flexibility index (Phi) is 3.96. The van der Waals surface area contributed by atoms with E-state index in [1.165, 1.54) is 75.5 Å². The van der Waals surface area contributed by atoms with E-state index in [1.54, 1.807) is 5.56 Å². The van der Waals surface area contributed by atoms with Crippen molar-refractivity contribution in [3.63, 3.8) is 0 Å². The molecule has 0 atom stereocenters. The molecule has 0 unspecified atom stereocenters. The van der Waals surface area contributed by atoms with Gasteiger partial charge in [-0.25, -0.2) is 0 Å². The van der Waals surface area contributed by atoms with E-state index in [-0.39, 0.29) is 0 Å². The number of benzene rings is 4. The lowest BCUT2D eigenvalue weighted by atomic mass is 9.39. The van der Waals surface area contributed by atoms with Crippen molar-refractivity contribution in [3.05, 3.63) is 108 Å². The summed E-state index contributed by atoms with van der Waals surface area (Å²) in [6.45, 7) is 0.294. The van der Waals surface area contributed by atoms with Crippen LogP contribution in [-0.4, -0.2) is 11.3 Å². The Bertz CT molecular complexity index is 1460. The van der Waals surface area contributed by atoms with Gasteiger partial charge in [-0.3, -0.25) is 0 Å². The molecule has 0 spiro atoms. The Morgan fingerprint density at radius 1 is 0.625 bits per heavy atom. The number of aromatic nitrogens is 1. The third-order valence-electron chi connectivity index (χ3n) is 7.46. The van der Waals surface area contributed by atoms with Crippen molar-refractivity contribution in [2.24, 2.45) is 0 Å². The molecule has 1 nitrogen and oxygen atoms in total. The standard InChI is InChI=1S/C30H24BN/c1-3-11-21(12-4-1)31-27-17-9-7-15-23(27)25-19-26-24-16-8-10-18-29(24)32(30(26)20-28(25)31)22-13-5-2-6-14-22/h1-7,9,11-15,17,19-20H,8,10,16,18H2. The maximum Gasteiger partial charge on any atom is 0.242 e. The van der Waals surface area contributed by atoms with Gasteiger partial charge in [0.05, 0.1) is 5.52 Å². The van der Waals surface area contributed by atoms with Crippen molar-refractivity contribution in [1.29, 1.82) is 0 Å². The zero-order valence-corrected chi connectivity index (χ0v) is 18.1. The fourth-order valence-electron chi connectivity index (χ4n) is 6.11. The smallest absolute Gasteiger partial charge is 0.242 e. The number of nitrogens with zero attached hydrogens (tertiary/aromatic N) is 1. The van der Waals surface area contributed by atoms with Crippen LogP contribution in [0.15, 0.2) is 97.1 Å². The van der Waals surface area contributed by atoms with Crippen molar-refractivity contribution < 1.29 is 0 Å². The second kappa shape index (κ2) is 7.00. The summed E-state index contributed by atoms with van der Waals surface area (Å²) in [5.41, 5.74) is 12.8. The van der Waals surface area contributed by atoms with Gasteiger partial charge in [-0.15, -0.1) is 0 Å². The van der Waals surface area contributed by atoms with E-state index in [1.807, 2.05) is 0 Å². The summed E-state index contributed by atoms with van der Waals surface area (Å²) in [5.74, 6) is 0. The molecule has 1 aliphatic heterocycles. The molecule has 0 fully saturated rings. The molecular weight excluding hydrogens is 385 g/mol. The van der Waals surface area contributed by atoms with Crippen molar-refractivity contribution in [3.8, 4) is 16.8 Å². The average molecular weight is 409 g/mol. The summed E-state index contributed by atoms with van der Waals surface area (Å²) in [6, 6.07) is 36.0. The van der Waals surface area contributed by atoms with Crippen LogP contribution in [0.2, 0.25) is 0 Å². The fourth-order valence-corrected chi connectivity index (χ4v) is 6.11. The molecule has 152 valence electrons. The molecule has 4 aromatic carbocycles. The summed E-state index contributed by atoms with van der Waals surface area (Å²) < 4.78 is 2.55. The second-order valence-corrected chi connectivity index (χ2v) is 9.19. The van der Waals surface area contributed by atoms with Gasteiger partial charge in [-0.2, -0.15) is 0 Å². The van der Waals surface area contributed by atoms with Crippen molar-refractivity contribution in [2.45, 2.75) is 25.7 Å². The predicted octanol–water partition coefficient (Wildman–Crippen LogP) is 5.01. The van der Waals surface area contributed by atoms with Crippen LogP contribution in [0.1, 0.15) is 24.1 Å². The van der Waals surface area contributed by atoms with Crippen LogP contribution in [0.5, 0.6) is 0 Å². The highest BCUT2D eigenvalue weighted by atomic mass is 15.0. The Hall–Kier alpha value is -3.52. The van der Waals surface area contributed by atoms with E-state index < -0.39 is 0 Å². The number of hydrogen-bond donors (Lipinski definition) is 0. The maximum absolute atomic E-state index is 2.55. The normalized spacial score (nSPS) is 14.3. The third kappa shape index (κ3) is 2.53. The van der Waals surface area contributed by atoms with Crippen LogP contribution in [0, 0.1) is 0 Å². The highest BCUT2D eigenvalue weighted by Gasteiger charge is 2.34. The van der Waals surface area contributed by atoms with E-state index in [4.69, 9.17) is 0 Å². The van der Waals surface area contributed by atoms with E-state index in [0.717, 1.165) is 0 Å². The van der Waals surface area contributed by atoms with Gasteiger partial charge in [0.25, 0.3) is 0 Å². The first kappa shape index (κ1) is 18.1. The van der Waals surface area contributed by atoms with Crippen LogP contribution in [0.25, 0.3) is 27.7 Å². The van der Waals surface area contributed by atoms with Crippen LogP contribution in [-0.2, 0) is 12.8 Å². The van der Waals surface area contributed by atoms with Crippen LogP contribution >= 0.6 is 0 Å². The molecule has 32 heavy (non-hydrogen) atoms. The van der Waals surface area contributed by atoms with Gasteiger partial charge in [0.1, 0.15) is 0 Å². The van der Waals surface area contributed by atoms with Crippen molar-refractivity contribution in [1.82, 2.24) is 4.57 Å². The molecule has 5 aromatic rings. The molecule has 0 saturated carbocycles. The van der Waals surface area contributed by atoms with Gasteiger partial charge in [-0.05, 0) is 66.6 Å². The van der Waals surface area contributed by atoms with E-state index in [9.17, 15) is 0 Å². The lowest BCUT2D eigenvalue weighted by Gasteiger charge is -2.16. The Morgan fingerprint density at radius 2 is 1.34 bits per heavy atom. The van der Waals surface area contributed by atoms with Gasteiger partial charge in [-0.1, -0.05) is 89.2 Å². The number of aryl methyl sites for hydroxylation is 1. The number of para-hydroxylation sites is 1. The molecular formula is C30H24BN. The minimum atomic E-state index is 0.294. The van der Waals surface area contributed by atoms with Crippen LogP contribution < -0.4 is 16.4 Å². The Labute approximate surface area is 189 Å². The minimum absolute atomic E-state index is 0.294. The Morgan fingerprint density at radius 3 is 2.19 bits per heavy atom. The molecule has 0 radical (unpaired) electrons. The summed E-state index contributed by atoms with van der Waals surface area (Å²) in [4.78, 5) is 0. The topological polar surface area (TPSA) is 4.93 Å². The van der Waals surface area contributed by atoms with E-state index in [2.05, 4.69) is 102 Å². The predicted molar refractivity (Wildman–Crippen MR) is 136 cm³/mol. The summed E-state index contributed by atoms with van der Waals surface area (Å²) >= 11 is 0. The van der Waals surface area contributed by atoms with Crippen LogP contribution in [0.4, 0.5) is 0 Å². The molecule has 2 heteroatoms. The molecule has 2 heterocycles. The van der Waals surface area contributed by atoms with Crippen molar-refractivity contribution >= 4 is 34.0 Å². The summed E-state index contributed by atoms with van der Waals surface area (Å²) in [6.07, 6.45) is 4.93. The van der Waals surface area contributed by atoms with E-state index >= 15 is 0 Å². The van der Waals surface area contributed by atoms with Gasteiger partial charge >= 0.3 is 0 Å². The quantitative estimate of drug-likeness (QED) is 0.355. The molecule has 1 aromatic heterocycles. The largest absolute Gasteiger partial charge is 0.313 e. The van der Waals surface area contributed by atoms with Crippen molar-refractivity contribution in [2.75, 3.05) is 0 Å². The molecule has 0 saturated heterocycles. The lowest BCUT2D eigenvalue weighted by molar-refractivity contribution is 0.667. The monoisotopic (exact) mass is 409 g/mol. The second-order valence-electron chi connectivity index (χ2n) is 9.19. The number of rotatable bonds is 2. The number of hydrogen-bond acceptors (Lipinski definition) is 0. The minimum Gasteiger partial charge on any atom is -0.313 e. The SMILES string of the molecule is c1ccc(B2c3ccccc3-c3cc4c5c(n(-c6ccccc6)c4cc32)CCCC5)cc1. The highest BCUT2D eigenvalue weighted by Crippen LogP contribution is 2.37.